The average Bonchev–Trinajstić information content (AvgIpc) is 2.56. The molecule has 0 fully saturated rings. The van der Waals surface area contributed by atoms with Crippen LogP contribution in [-0.2, 0) is 9.53 Å². The van der Waals surface area contributed by atoms with E-state index < -0.39 is 10.9 Å². The van der Waals surface area contributed by atoms with Crippen LogP contribution < -0.4 is 5.32 Å². The lowest BCUT2D eigenvalue weighted by atomic mass is 10.1. The number of ether oxygens (including phenoxy) is 1. The summed E-state index contributed by atoms with van der Waals surface area (Å²) in [5, 5.41) is 3.00. The Hall–Kier alpha value is -0.950. The molecule has 0 radical (unpaired) electrons. The zero-order valence-electron chi connectivity index (χ0n) is 15.2. The van der Waals surface area contributed by atoms with E-state index in [9.17, 15) is 13.6 Å². The maximum Gasteiger partial charge on any atom is 0.385 e. The molecule has 8 heteroatoms. The number of carbonyl (C=O) groups is 1. The van der Waals surface area contributed by atoms with Crippen LogP contribution in [0.2, 0.25) is 0 Å². The predicted octanol–water partition coefficient (Wildman–Crippen LogP) is 4.61. The number of nitrogens with zero attached hydrogens (tertiary/aromatic N) is 1. The monoisotopic (exact) mass is 398 g/mol. The van der Waals surface area contributed by atoms with Gasteiger partial charge in [0.15, 0.2) is 4.84 Å². The highest BCUT2D eigenvalue weighted by molar-refractivity contribution is 6.44. The van der Waals surface area contributed by atoms with Gasteiger partial charge in [-0.3, -0.25) is 9.69 Å². The summed E-state index contributed by atoms with van der Waals surface area (Å²) >= 11 is 9.52. The highest BCUT2D eigenvalue weighted by Gasteiger charge is 2.36. The molecule has 0 aliphatic rings. The lowest BCUT2D eigenvalue weighted by Crippen LogP contribution is -2.33. The molecule has 25 heavy (non-hydrogen) atoms. The van der Waals surface area contributed by atoms with Crippen molar-refractivity contribution in [3.63, 3.8) is 0 Å². The molecule has 1 amide bonds. The number of hydrogen-bond acceptors (Lipinski definition) is 3. The molecule has 4 nitrogen and oxygen atoms in total. The molecule has 1 rings (SSSR count). The Morgan fingerprint density at radius 3 is 2.04 bits per heavy atom. The maximum atomic E-state index is 11.9. The molecule has 0 unspecified atom stereocenters. The van der Waals surface area contributed by atoms with E-state index in [-0.39, 0.29) is 5.91 Å². The zero-order chi connectivity index (χ0) is 19.6. The molecule has 0 heterocycles. The van der Waals surface area contributed by atoms with E-state index in [2.05, 4.69) is 28.8 Å². The number of para-hydroxylation sites is 1. The van der Waals surface area contributed by atoms with Crippen LogP contribution >= 0.6 is 23.2 Å². The van der Waals surface area contributed by atoms with E-state index in [1.165, 1.54) is 0 Å². The Morgan fingerprint density at radius 2 is 1.72 bits per heavy atom. The Labute approximate surface area is 158 Å². The molecular weight excluding hydrogens is 373 g/mol. The standard InChI is InChI=1S/C14H22N2O.C3H4Cl2F2O/c1-5-16(6-2)10-13(17)15-14-11(3)8-7-9-12(14)4;1-8-3(6,7)2(4)5/h7-9H,5-6,10H2,1-4H3,(H,15,17);2H,1H3. The molecule has 1 N–H and O–H groups in total. The van der Waals surface area contributed by atoms with Crippen LogP contribution in [0.15, 0.2) is 18.2 Å². The number of methoxy groups -OCH3 is 1. The van der Waals surface area contributed by atoms with Gasteiger partial charge < -0.3 is 10.1 Å². The van der Waals surface area contributed by atoms with Crippen LogP contribution in [0.25, 0.3) is 0 Å². The van der Waals surface area contributed by atoms with Crippen LogP contribution in [0.4, 0.5) is 14.5 Å². The highest BCUT2D eigenvalue weighted by Crippen LogP contribution is 2.26. The Kier molecular flexibility index (Phi) is 11.2. The smallest absolute Gasteiger partial charge is 0.324 e. The number of nitrogens with one attached hydrogen (secondary N) is 1. The molecule has 0 spiro atoms. The van der Waals surface area contributed by atoms with Crippen LogP contribution in [0.1, 0.15) is 25.0 Å². The number of hydrogen-bond donors (Lipinski definition) is 1. The van der Waals surface area contributed by atoms with Gasteiger partial charge in [0.2, 0.25) is 5.91 Å². The van der Waals surface area contributed by atoms with Gasteiger partial charge in [0.05, 0.1) is 6.54 Å². The van der Waals surface area contributed by atoms with E-state index in [0.717, 1.165) is 37.0 Å². The zero-order valence-corrected chi connectivity index (χ0v) is 16.7. The van der Waals surface area contributed by atoms with Crippen molar-refractivity contribution in [2.24, 2.45) is 0 Å². The van der Waals surface area contributed by atoms with Gasteiger partial charge in [-0.2, -0.15) is 8.78 Å². The van der Waals surface area contributed by atoms with Crippen molar-refractivity contribution < 1.29 is 18.3 Å². The number of likely N-dealkylation sites (N-methyl/N-ethyl adjacent to an activating group) is 1. The Balaban J connectivity index is 0.000000609. The second-order valence-corrected chi connectivity index (χ2v) is 6.44. The summed E-state index contributed by atoms with van der Waals surface area (Å²) in [6.07, 6.45) is -3.43. The van der Waals surface area contributed by atoms with Crippen molar-refractivity contribution in [3.8, 4) is 0 Å². The summed E-state index contributed by atoms with van der Waals surface area (Å²) in [6, 6.07) is 6.03. The van der Waals surface area contributed by atoms with E-state index >= 15 is 0 Å². The van der Waals surface area contributed by atoms with Crippen molar-refractivity contribution in [3.05, 3.63) is 29.3 Å². The molecule has 0 saturated carbocycles. The Morgan fingerprint density at radius 1 is 1.24 bits per heavy atom. The normalized spacial score (nSPS) is 11.3. The maximum absolute atomic E-state index is 11.9. The fourth-order valence-corrected chi connectivity index (χ4v) is 2.11. The molecule has 0 aliphatic heterocycles. The second-order valence-electron chi connectivity index (χ2n) is 5.34. The number of halogens is 4. The van der Waals surface area contributed by atoms with E-state index in [4.69, 9.17) is 23.2 Å². The third-order valence-electron chi connectivity index (χ3n) is 3.53. The molecule has 0 atom stereocenters. The average molecular weight is 399 g/mol. The predicted molar refractivity (Wildman–Crippen MR) is 99.8 cm³/mol. The molecule has 144 valence electrons. The molecule has 0 bridgehead atoms. The lowest BCUT2D eigenvalue weighted by molar-refractivity contribution is -0.210. The Bertz CT molecular complexity index is 519. The van der Waals surface area contributed by atoms with Gasteiger partial charge in [-0.1, -0.05) is 55.2 Å². The number of benzene rings is 1. The van der Waals surface area contributed by atoms with Crippen molar-refractivity contribution in [1.82, 2.24) is 4.90 Å². The third-order valence-corrected chi connectivity index (χ3v) is 4.04. The second kappa shape index (κ2) is 11.6. The van der Waals surface area contributed by atoms with Crippen molar-refractivity contribution in [2.45, 2.75) is 38.6 Å². The van der Waals surface area contributed by atoms with E-state index in [1.807, 2.05) is 32.0 Å². The SMILES string of the molecule is CCN(CC)CC(=O)Nc1c(C)cccc1C.COC(F)(F)C(Cl)Cl. The third kappa shape index (κ3) is 8.81. The highest BCUT2D eigenvalue weighted by atomic mass is 35.5. The minimum atomic E-state index is -3.43. The number of alkyl halides is 4. The number of aryl methyl sites for hydroxylation is 2. The summed E-state index contributed by atoms with van der Waals surface area (Å²) in [7, 11) is 0.831. The number of amides is 1. The molecular formula is C17H26Cl2F2N2O2. The number of carbonyl (C=O) groups excluding carboxylic acids is 1. The summed E-state index contributed by atoms with van der Waals surface area (Å²) in [5.74, 6) is 0.0612. The first-order valence-electron chi connectivity index (χ1n) is 7.88. The molecule has 1 aromatic rings. The van der Waals surface area contributed by atoms with Crippen molar-refractivity contribution >= 4 is 34.8 Å². The van der Waals surface area contributed by atoms with Gasteiger partial charge in [-0.25, -0.2) is 0 Å². The van der Waals surface area contributed by atoms with Crippen LogP contribution in [0, 0.1) is 13.8 Å². The fourth-order valence-electron chi connectivity index (χ4n) is 1.93. The van der Waals surface area contributed by atoms with E-state index in [0.29, 0.717) is 6.54 Å². The quantitative estimate of drug-likeness (QED) is 0.681. The first-order valence-corrected chi connectivity index (χ1v) is 8.75. The van der Waals surface area contributed by atoms with Gasteiger partial charge >= 0.3 is 6.11 Å². The topological polar surface area (TPSA) is 41.6 Å². The van der Waals surface area contributed by atoms with Gasteiger partial charge in [0, 0.05) is 12.8 Å². The van der Waals surface area contributed by atoms with Gasteiger partial charge in [-0.05, 0) is 38.1 Å². The minimum absolute atomic E-state index is 0.0612. The minimum Gasteiger partial charge on any atom is -0.324 e. The first-order chi connectivity index (χ1) is 11.6. The number of rotatable bonds is 7. The summed E-state index contributed by atoms with van der Waals surface area (Å²) < 4.78 is 27.2. The number of anilines is 1. The first kappa shape index (κ1) is 24.1. The fraction of sp³-hybridized carbons (Fsp3) is 0.588. The van der Waals surface area contributed by atoms with E-state index in [1.54, 1.807) is 0 Å². The van der Waals surface area contributed by atoms with Gasteiger partial charge in [0.25, 0.3) is 0 Å². The molecule has 0 saturated heterocycles. The summed E-state index contributed by atoms with van der Waals surface area (Å²) in [4.78, 5) is 12.2. The molecule has 0 aromatic heterocycles. The van der Waals surface area contributed by atoms with Crippen LogP contribution in [0.3, 0.4) is 0 Å². The molecule has 0 aliphatic carbocycles. The summed E-state index contributed by atoms with van der Waals surface area (Å²) in [6.45, 7) is 10.4. The summed E-state index contributed by atoms with van der Waals surface area (Å²) in [5.41, 5.74) is 3.17. The van der Waals surface area contributed by atoms with Crippen molar-refractivity contribution in [1.29, 1.82) is 0 Å². The van der Waals surface area contributed by atoms with Crippen molar-refractivity contribution in [2.75, 3.05) is 32.1 Å². The largest absolute Gasteiger partial charge is 0.385 e. The van der Waals surface area contributed by atoms with Gasteiger partial charge in [0.1, 0.15) is 0 Å². The van der Waals surface area contributed by atoms with Crippen LogP contribution in [0.5, 0.6) is 0 Å². The molecule has 1 aromatic carbocycles. The van der Waals surface area contributed by atoms with Crippen LogP contribution in [-0.4, -0.2) is 48.5 Å². The van der Waals surface area contributed by atoms with Gasteiger partial charge in [-0.15, -0.1) is 0 Å². The lowest BCUT2D eigenvalue weighted by Gasteiger charge is -2.18.